The van der Waals surface area contributed by atoms with Gasteiger partial charge in [0, 0.05) is 43.6 Å². The molecule has 1 fully saturated rings. The number of amides is 2. The van der Waals surface area contributed by atoms with E-state index in [2.05, 4.69) is 50.5 Å². The summed E-state index contributed by atoms with van der Waals surface area (Å²) in [5.41, 5.74) is 4.64. The highest BCUT2D eigenvalue weighted by Gasteiger charge is 2.28. The van der Waals surface area contributed by atoms with Crippen LogP contribution in [0, 0.1) is 0 Å². The fourth-order valence-electron chi connectivity index (χ4n) is 4.50. The number of hydrogen-bond donors (Lipinski definition) is 1. The molecule has 0 radical (unpaired) electrons. The maximum atomic E-state index is 13.0. The topological polar surface area (TPSA) is 70.6 Å². The molecule has 1 saturated heterocycles. The predicted molar refractivity (Wildman–Crippen MR) is 125 cm³/mol. The Hall–Kier alpha value is -3.61. The van der Waals surface area contributed by atoms with Crippen molar-refractivity contribution in [2.24, 2.45) is 0 Å². The summed E-state index contributed by atoms with van der Waals surface area (Å²) in [6.07, 6.45) is 4.32. The number of fused-ring (bicyclic) bond motifs is 1. The quantitative estimate of drug-likeness (QED) is 0.681. The molecule has 2 aliphatic rings. The van der Waals surface area contributed by atoms with Crippen LogP contribution in [0.5, 0.6) is 5.88 Å². The minimum absolute atomic E-state index is 0.00714. The van der Waals surface area contributed by atoms with Crippen LogP contribution >= 0.6 is 0 Å². The van der Waals surface area contributed by atoms with Crippen LogP contribution in [0.3, 0.4) is 0 Å². The zero-order chi connectivity index (χ0) is 21.9. The van der Waals surface area contributed by atoms with Gasteiger partial charge >= 0.3 is 6.03 Å². The first-order valence-corrected chi connectivity index (χ1v) is 11.1. The fourth-order valence-corrected chi connectivity index (χ4v) is 4.50. The Morgan fingerprint density at radius 1 is 1.03 bits per heavy atom. The maximum absolute atomic E-state index is 13.0. The Bertz CT molecular complexity index is 1100. The molecule has 5 rings (SSSR count). The molecule has 2 amide bonds. The van der Waals surface area contributed by atoms with Crippen molar-refractivity contribution in [1.82, 2.24) is 15.3 Å². The highest BCUT2D eigenvalue weighted by Crippen LogP contribution is 2.32. The van der Waals surface area contributed by atoms with E-state index in [0.29, 0.717) is 11.8 Å². The van der Waals surface area contributed by atoms with E-state index in [9.17, 15) is 4.79 Å². The number of nitrogens with one attached hydrogen (secondary N) is 1. The first-order chi connectivity index (χ1) is 15.7. The Labute approximate surface area is 188 Å². The summed E-state index contributed by atoms with van der Waals surface area (Å²) in [5, 5.41) is 3.24. The number of benzene rings is 2. The number of piperidine rings is 1. The number of rotatable bonds is 4. The Morgan fingerprint density at radius 3 is 2.62 bits per heavy atom. The first kappa shape index (κ1) is 20.3. The summed E-state index contributed by atoms with van der Waals surface area (Å²) in [7, 11) is 1.60. The third kappa shape index (κ3) is 4.10. The molecule has 3 aromatic rings. The highest BCUT2D eigenvalue weighted by molar-refractivity contribution is 5.95. The van der Waals surface area contributed by atoms with E-state index in [0.717, 1.165) is 44.6 Å². The zero-order valence-electron chi connectivity index (χ0n) is 18.2. The SMILES string of the molecule is COc1ccnc(N2CCC(NC(=O)N3CCc4cc(-c5ccccc5)ccc43)CC2)n1. The van der Waals surface area contributed by atoms with Crippen LogP contribution in [0.1, 0.15) is 18.4 Å². The van der Waals surface area contributed by atoms with Crippen molar-refractivity contribution >= 4 is 17.7 Å². The van der Waals surface area contributed by atoms with E-state index in [1.165, 1.54) is 16.7 Å². The number of anilines is 2. The number of hydrogen-bond acceptors (Lipinski definition) is 5. The lowest BCUT2D eigenvalue weighted by Crippen LogP contribution is -2.49. The van der Waals surface area contributed by atoms with Gasteiger partial charge in [0.15, 0.2) is 0 Å². The number of aromatic nitrogens is 2. The van der Waals surface area contributed by atoms with Gasteiger partial charge in [-0.25, -0.2) is 9.78 Å². The summed E-state index contributed by atoms with van der Waals surface area (Å²) < 4.78 is 5.20. The molecule has 1 aromatic heterocycles. The van der Waals surface area contributed by atoms with E-state index in [-0.39, 0.29) is 12.1 Å². The maximum Gasteiger partial charge on any atom is 0.322 e. The number of methoxy groups -OCH3 is 1. The van der Waals surface area contributed by atoms with Gasteiger partial charge in [-0.15, -0.1) is 0 Å². The molecule has 7 heteroatoms. The van der Waals surface area contributed by atoms with Crippen molar-refractivity contribution in [1.29, 1.82) is 0 Å². The number of carbonyl (C=O) groups excluding carboxylic acids is 1. The number of nitrogens with zero attached hydrogens (tertiary/aromatic N) is 4. The molecule has 2 aliphatic heterocycles. The Morgan fingerprint density at radius 2 is 1.84 bits per heavy atom. The minimum Gasteiger partial charge on any atom is -0.481 e. The van der Waals surface area contributed by atoms with Gasteiger partial charge in [0.05, 0.1) is 7.11 Å². The second-order valence-corrected chi connectivity index (χ2v) is 8.22. The third-order valence-corrected chi connectivity index (χ3v) is 6.26. The molecule has 7 nitrogen and oxygen atoms in total. The summed E-state index contributed by atoms with van der Waals surface area (Å²) in [4.78, 5) is 25.8. The van der Waals surface area contributed by atoms with Gasteiger partial charge in [-0.2, -0.15) is 4.98 Å². The van der Waals surface area contributed by atoms with Gasteiger partial charge in [0.1, 0.15) is 0 Å². The van der Waals surface area contributed by atoms with Gasteiger partial charge in [0.2, 0.25) is 11.8 Å². The van der Waals surface area contributed by atoms with E-state index in [1.54, 1.807) is 19.4 Å². The summed E-state index contributed by atoms with van der Waals surface area (Å²) in [6.45, 7) is 2.32. The second kappa shape index (κ2) is 8.86. The van der Waals surface area contributed by atoms with Gasteiger partial charge in [0.25, 0.3) is 0 Å². The molecule has 0 atom stereocenters. The molecule has 164 valence electrons. The predicted octanol–water partition coefficient (Wildman–Crippen LogP) is 3.89. The normalized spacial score (nSPS) is 16.0. The molecule has 0 spiro atoms. The van der Waals surface area contributed by atoms with E-state index in [1.807, 2.05) is 23.1 Å². The lowest BCUT2D eigenvalue weighted by Gasteiger charge is -2.33. The monoisotopic (exact) mass is 429 g/mol. The lowest BCUT2D eigenvalue weighted by atomic mass is 10.0. The molecular weight excluding hydrogens is 402 g/mol. The van der Waals surface area contributed by atoms with Gasteiger partial charge in [-0.1, -0.05) is 36.4 Å². The molecule has 32 heavy (non-hydrogen) atoms. The molecule has 0 bridgehead atoms. The summed E-state index contributed by atoms with van der Waals surface area (Å²) >= 11 is 0. The molecule has 0 saturated carbocycles. The van der Waals surface area contributed by atoms with Crippen molar-refractivity contribution in [2.75, 3.05) is 36.5 Å². The molecular formula is C25H27N5O2. The first-order valence-electron chi connectivity index (χ1n) is 11.1. The Balaban J connectivity index is 1.20. The average Bonchev–Trinajstić information content (AvgIpc) is 3.28. The molecule has 3 heterocycles. The average molecular weight is 430 g/mol. The molecule has 1 N–H and O–H groups in total. The van der Waals surface area contributed by atoms with Crippen molar-refractivity contribution in [3.05, 3.63) is 66.4 Å². The van der Waals surface area contributed by atoms with Gasteiger partial charge in [-0.05, 0) is 48.1 Å². The smallest absolute Gasteiger partial charge is 0.322 e. The van der Waals surface area contributed by atoms with Crippen molar-refractivity contribution < 1.29 is 9.53 Å². The zero-order valence-corrected chi connectivity index (χ0v) is 18.2. The van der Waals surface area contributed by atoms with E-state index in [4.69, 9.17) is 4.74 Å². The van der Waals surface area contributed by atoms with Crippen LogP contribution in [0.15, 0.2) is 60.8 Å². The van der Waals surface area contributed by atoms with Gasteiger partial charge < -0.3 is 15.0 Å². The van der Waals surface area contributed by atoms with Crippen molar-refractivity contribution in [3.8, 4) is 17.0 Å². The standard InChI is InChI=1S/C25H27N5O2/c1-32-23-9-13-26-24(28-23)29-14-11-21(12-15-29)27-25(31)30-16-10-20-17-19(7-8-22(20)30)18-5-3-2-4-6-18/h2-9,13,17,21H,10-12,14-16H2,1H3,(H,27,31). The Kier molecular flexibility index (Phi) is 5.62. The van der Waals surface area contributed by atoms with Gasteiger partial charge in [-0.3, -0.25) is 4.90 Å². The summed E-state index contributed by atoms with van der Waals surface area (Å²) in [6, 6.07) is 18.6. The second-order valence-electron chi connectivity index (χ2n) is 8.22. The third-order valence-electron chi connectivity index (χ3n) is 6.26. The number of urea groups is 1. The number of carbonyl (C=O) groups is 1. The van der Waals surface area contributed by atoms with Crippen LogP contribution in [-0.4, -0.2) is 48.8 Å². The molecule has 2 aromatic carbocycles. The van der Waals surface area contributed by atoms with Crippen LogP contribution in [0.25, 0.3) is 11.1 Å². The lowest BCUT2D eigenvalue weighted by molar-refractivity contribution is 0.240. The van der Waals surface area contributed by atoms with Crippen molar-refractivity contribution in [3.63, 3.8) is 0 Å². The van der Waals surface area contributed by atoms with Crippen LogP contribution in [0.4, 0.5) is 16.4 Å². The minimum atomic E-state index is -0.00714. The fraction of sp³-hybridized carbons (Fsp3) is 0.320. The summed E-state index contributed by atoms with van der Waals surface area (Å²) in [5.74, 6) is 1.24. The largest absolute Gasteiger partial charge is 0.481 e. The number of ether oxygens (including phenoxy) is 1. The van der Waals surface area contributed by atoms with E-state index >= 15 is 0 Å². The van der Waals surface area contributed by atoms with Crippen LogP contribution in [-0.2, 0) is 6.42 Å². The van der Waals surface area contributed by atoms with Crippen molar-refractivity contribution in [2.45, 2.75) is 25.3 Å². The van der Waals surface area contributed by atoms with E-state index < -0.39 is 0 Å². The van der Waals surface area contributed by atoms with Crippen LogP contribution < -0.4 is 19.9 Å². The molecule has 0 aliphatic carbocycles. The highest BCUT2D eigenvalue weighted by atomic mass is 16.5. The van der Waals surface area contributed by atoms with Crippen LogP contribution in [0.2, 0.25) is 0 Å². The molecule has 0 unspecified atom stereocenters.